The van der Waals surface area contributed by atoms with Crippen molar-refractivity contribution in [3.63, 3.8) is 0 Å². The molecule has 2 atom stereocenters. The highest BCUT2D eigenvalue weighted by molar-refractivity contribution is 5.36. The second-order valence-corrected chi connectivity index (χ2v) is 6.74. The fourth-order valence-electron chi connectivity index (χ4n) is 4.26. The average molecular weight is 287 g/mol. The van der Waals surface area contributed by atoms with Crippen LogP contribution in [0.25, 0.3) is 0 Å². The molecule has 3 heteroatoms. The van der Waals surface area contributed by atoms with Gasteiger partial charge in [0.1, 0.15) is 0 Å². The Kier molecular flexibility index (Phi) is 4.63. The number of likely N-dealkylation sites (tertiary alicyclic amines) is 2. The van der Waals surface area contributed by atoms with Gasteiger partial charge in [-0.1, -0.05) is 18.2 Å². The summed E-state index contributed by atoms with van der Waals surface area (Å²) in [6.07, 6.45) is 4.07. The third kappa shape index (κ3) is 3.01. The molecule has 116 valence electrons. The van der Waals surface area contributed by atoms with E-state index in [9.17, 15) is 0 Å². The Bertz CT molecular complexity index is 459. The Labute approximate surface area is 129 Å². The molecule has 2 aliphatic rings. The fourth-order valence-corrected chi connectivity index (χ4v) is 4.26. The Morgan fingerprint density at radius 2 is 1.81 bits per heavy atom. The Morgan fingerprint density at radius 3 is 2.43 bits per heavy atom. The second kappa shape index (κ2) is 6.47. The smallest absolute Gasteiger partial charge is 0.0476 e. The number of hydrogen-bond acceptors (Lipinski definition) is 3. The minimum absolute atomic E-state index is 0.388. The van der Waals surface area contributed by atoms with Crippen LogP contribution < -0.4 is 5.73 Å². The average Bonchev–Trinajstić information content (AvgIpc) is 3.13. The van der Waals surface area contributed by atoms with E-state index in [-0.39, 0.29) is 0 Å². The minimum Gasteiger partial charge on any atom is -0.329 e. The molecule has 0 spiro atoms. The summed E-state index contributed by atoms with van der Waals surface area (Å²) in [4.78, 5) is 5.32. The van der Waals surface area contributed by atoms with Crippen molar-refractivity contribution in [3.8, 4) is 0 Å². The van der Waals surface area contributed by atoms with Gasteiger partial charge in [0.25, 0.3) is 0 Å². The molecule has 2 aliphatic heterocycles. The molecule has 2 fully saturated rings. The number of benzene rings is 1. The normalized spacial score (nSPS) is 25.6. The summed E-state index contributed by atoms with van der Waals surface area (Å²) in [5, 5.41) is 0. The molecule has 2 N–H and O–H groups in total. The first-order valence-corrected chi connectivity index (χ1v) is 8.45. The minimum atomic E-state index is 0.388. The van der Waals surface area contributed by atoms with Crippen LogP contribution in [0, 0.1) is 13.8 Å². The van der Waals surface area contributed by atoms with Gasteiger partial charge in [-0.3, -0.25) is 9.80 Å². The van der Waals surface area contributed by atoms with Crippen molar-refractivity contribution in [3.05, 3.63) is 34.9 Å². The van der Waals surface area contributed by atoms with Gasteiger partial charge in [0.15, 0.2) is 0 Å². The standard InChI is InChI=1S/C18H29N3/c1-14-6-5-7-15(2)18(14)17(12-19)21-11-8-16(13-21)20-9-3-4-10-20/h5-7,16-17H,3-4,8-13,19H2,1-2H3. The molecule has 0 amide bonds. The van der Waals surface area contributed by atoms with Crippen LogP contribution in [0.4, 0.5) is 0 Å². The lowest BCUT2D eigenvalue weighted by Crippen LogP contribution is -2.38. The van der Waals surface area contributed by atoms with Gasteiger partial charge in [0, 0.05) is 31.7 Å². The van der Waals surface area contributed by atoms with Gasteiger partial charge in [0.2, 0.25) is 0 Å². The van der Waals surface area contributed by atoms with Gasteiger partial charge in [-0.2, -0.15) is 0 Å². The zero-order valence-electron chi connectivity index (χ0n) is 13.5. The van der Waals surface area contributed by atoms with E-state index < -0.39 is 0 Å². The van der Waals surface area contributed by atoms with Crippen molar-refractivity contribution in [1.82, 2.24) is 9.80 Å². The van der Waals surface area contributed by atoms with E-state index in [0.29, 0.717) is 6.04 Å². The second-order valence-electron chi connectivity index (χ2n) is 6.74. The predicted molar refractivity (Wildman–Crippen MR) is 88.5 cm³/mol. The largest absolute Gasteiger partial charge is 0.329 e. The van der Waals surface area contributed by atoms with E-state index in [1.807, 2.05) is 0 Å². The fraction of sp³-hybridized carbons (Fsp3) is 0.667. The van der Waals surface area contributed by atoms with Crippen molar-refractivity contribution in [1.29, 1.82) is 0 Å². The lowest BCUT2D eigenvalue weighted by molar-refractivity contribution is 0.202. The summed E-state index contributed by atoms with van der Waals surface area (Å²) in [7, 11) is 0. The maximum absolute atomic E-state index is 6.17. The molecule has 0 aliphatic carbocycles. The highest BCUT2D eigenvalue weighted by Crippen LogP contribution is 2.31. The van der Waals surface area contributed by atoms with Crippen LogP contribution >= 0.6 is 0 Å². The monoisotopic (exact) mass is 287 g/mol. The third-order valence-corrected chi connectivity index (χ3v) is 5.39. The van der Waals surface area contributed by atoms with Crippen molar-refractivity contribution in [2.75, 3.05) is 32.7 Å². The van der Waals surface area contributed by atoms with E-state index in [1.165, 1.54) is 62.1 Å². The van der Waals surface area contributed by atoms with E-state index >= 15 is 0 Å². The van der Waals surface area contributed by atoms with Crippen LogP contribution in [0.2, 0.25) is 0 Å². The molecular formula is C18H29N3. The van der Waals surface area contributed by atoms with Gasteiger partial charge >= 0.3 is 0 Å². The lowest BCUT2D eigenvalue weighted by Gasteiger charge is -2.31. The van der Waals surface area contributed by atoms with Crippen molar-refractivity contribution < 1.29 is 0 Å². The van der Waals surface area contributed by atoms with Crippen LogP contribution in [0.15, 0.2) is 18.2 Å². The van der Waals surface area contributed by atoms with Crippen LogP contribution in [-0.2, 0) is 0 Å². The first-order valence-electron chi connectivity index (χ1n) is 8.45. The molecule has 21 heavy (non-hydrogen) atoms. The molecule has 0 saturated carbocycles. The number of nitrogens with zero attached hydrogens (tertiary/aromatic N) is 2. The quantitative estimate of drug-likeness (QED) is 0.923. The Hall–Kier alpha value is -0.900. The zero-order chi connectivity index (χ0) is 14.8. The zero-order valence-corrected chi connectivity index (χ0v) is 13.5. The molecule has 2 unspecified atom stereocenters. The van der Waals surface area contributed by atoms with Crippen LogP contribution in [-0.4, -0.2) is 48.6 Å². The molecule has 1 aromatic carbocycles. The van der Waals surface area contributed by atoms with E-state index in [4.69, 9.17) is 5.73 Å². The van der Waals surface area contributed by atoms with E-state index in [0.717, 1.165) is 12.6 Å². The molecule has 1 aromatic rings. The third-order valence-electron chi connectivity index (χ3n) is 5.39. The van der Waals surface area contributed by atoms with Gasteiger partial charge in [0.05, 0.1) is 0 Å². The maximum Gasteiger partial charge on any atom is 0.0476 e. The van der Waals surface area contributed by atoms with Gasteiger partial charge in [-0.25, -0.2) is 0 Å². The summed E-state index contributed by atoms with van der Waals surface area (Å²) >= 11 is 0. The number of nitrogens with two attached hydrogens (primary N) is 1. The number of aryl methyl sites for hydroxylation is 2. The number of hydrogen-bond donors (Lipinski definition) is 1. The predicted octanol–water partition coefficient (Wildman–Crippen LogP) is 2.47. The summed E-state index contributed by atoms with van der Waals surface area (Å²) in [5.74, 6) is 0. The Morgan fingerprint density at radius 1 is 1.14 bits per heavy atom. The maximum atomic E-state index is 6.17. The molecule has 0 aromatic heterocycles. The summed E-state index contributed by atoms with van der Waals surface area (Å²) in [6, 6.07) is 7.74. The summed E-state index contributed by atoms with van der Waals surface area (Å²) in [5.41, 5.74) is 10.4. The van der Waals surface area contributed by atoms with E-state index in [1.54, 1.807) is 0 Å². The molecule has 2 saturated heterocycles. The molecule has 0 radical (unpaired) electrons. The molecular weight excluding hydrogens is 258 g/mol. The van der Waals surface area contributed by atoms with Crippen LogP contribution in [0.5, 0.6) is 0 Å². The topological polar surface area (TPSA) is 32.5 Å². The van der Waals surface area contributed by atoms with Crippen molar-refractivity contribution in [2.45, 2.75) is 45.2 Å². The van der Waals surface area contributed by atoms with Crippen molar-refractivity contribution >= 4 is 0 Å². The Balaban J connectivity index is 1.75. The number of rotatable bonds is 4. The SMILES string of the molecule is Cc1cccc(C)c1C(CN)N1CCC(N2CCCC2)C1. The molecule has 2 heterocycles. The van der Waals surface area contributed by atoms with Gasteiger partial charge in [-0.15, -0.1) is 0 Å². The van der Waals surface area contributed by atoms with Crippen molar-refractivity contribution in [2.24, 2.45) is 5.73 Å². The lowest BCUT2D eigenvalue weighted by atomic mass is 9.95. The molecule has 3 rings (SSSR count). The summed E-state index contributed by atoms with van der Waals surface area (Å²) in [6.45, 7) is 10.1. The van der Waals surface area contributed by atoms with Gasteiger partial charge < -0.3 is 5.73 Å². The first kappa shape index (κ1) is 15.0. The summed E-state index contributed by atoms with van der Waals surface area (Å²) < 4.78 is 0. The molecule has 3 nitrogen and oxygen atoms in total. The van der Waals surface area contributed by atoms with Gasteiger partial charge in [-0.05, 0) is 62.9 Å². The van der Waals surface area contributed by atoms with Crippen LogP contribution in [0.3, 0.4) is 0 Å². The van der Waals surface area contributed by atoms with E-state index in [2.05, 4.69) is 41.8 Å². The van der Waals surface area contributed by atoms with Crippen LogP contribution in [0.1, 0.15) is 42.0 Å². The highest BCUT2D eigenvalue weighted by Gasteiger charge is 2.33. The molecule has 0 bridgehead atoms. The first-order chi connectivity index (χ1) is 10.2. The highest BCUT2D eigenvalue weighted by atomic mass is 15.3.